The van der Waals surface area contributed by atoms with Crippen LogP contribution in [0.2, 0.25) is 0 Å². The molecule has 0 bridgehead atoms. The zero-order valence-electron chi connectivity index (χ0n) is 12.1. The highest BCUT2D eigenvalue weighted by atomic mass is 16.4. The lowest BCUT2D eigenvalue weighted by atomic mass is 10.2. The van der Waals surface area contributed by atoms with Gasteiger partial charge in [-0.2, -0.15) is 0 Å². The summed E-state index contributed by atoms with van der Waals surface area (Å²) in [6.45, 7) is 3.45. The number of rotatable bonds is 8. The van der Waals surface area contributed by atoms with Crippen molar-refractivity contribution in [1.29, 1.82) is 0 Å². The molecule has 0 radical (unpaired) electrons. The second-order valence-corrected chi connectivity index (χ2v) is 4.71. The highest BCUT2D eigenvalue weighted by molar-refractivity contribution is 5.94. The fraction of sp³-hybridized carbons (Fsp3) is 0.467. The Morgan fingerprint density at radius 2 is 1.85 bits per heavy atom. The Balaban J connectivity index is 2.49. The van der Waals surface area contributed by atoms with E-state index in [1.54, 1.807) is 4.90 Å². The number of carbonyl (C=O) groups is 2. The second kappa shape index (κ2) is 8.32. The third-order valence-electron chi connectivity index (χ3n) is 3.02. The first-order valence-electron chi connectivity index (χ1n) is 6.80. The van der Waals surface area contributed by atoms with E-state index < -0.39 is 5.97 Å². The van der Waals surface area contributed by atoms with Gasteiger partial charge in [-0.3, -0.25) is 14.5 Å². The smallest absolute Gasteiger partial charge is 0.303 e. The van der Waals surface area contributed by atoms with Crippen molar-refractivity contribution in [3.63, 3.8) is 0 Å². The van der Waals surface area contributed by atoms with Gasteiger partial charge in [-0.1, -0.05) is 18.2 Å². The van der Waals surface area contributed by atoms with E-state index in [4.69, 9.17) is 5.11 Å². The molecule has 0 saturated carbocycles. The number of benzene rings is 1. The van der Waals surface area contributed by atoms with Crippen molar-refractivity contribution in [3.05, 3.63) is 30.3 Å². The number of para-hydroxylation sites is 1. The minimum atomic E-state index is -0.802. The van der Waals surface area contributed by atoms with Crippen molar-refractivity contribution in [3.8, 4) is 0 Å². The average molecular weight is 278 g/mol. The lowest BCUT2D eigenvalue weighted by molar-refractivity contribution is -0.137. The van der Waals surface area contributed by atoms with Gasteiger partial charge in [0.1, 0.15) is 0 Å². The zero-order valence-corrected chi connectivity index (χ0v) is 12.1. The van der Waals surface area contributed by atoms with Gasteiger partial charge in [0.05, 0.1) is 6.54 Å². The van der Waals surface area contributed by atoms with Gasteiger partial charge in [0.25, 0.3) is 0 Å². The van der Waals surface area contributed by atoms with Gasteiger partial charge in [-0.25, -0.2) is 0 Å². The van der Waals surface area contributed by atoms with Crippen LogP contribution >= 0.6 is 0 Å². The third-order valence-corrected chi connectivity index (χ3v) is 3.02. The van der Waals surface area contributed by atoms with E-state index in [1.165, 1.54) is 0 Å². The highest BCUT2D eigenvalue weighted by Crippen LogP contribution is 2.13. The number of aliphatic carboxylic acids is 1. The maximum atomic E-state index is 12.3. The molecule has 1 N–H and O–H groups in total. The summed E-state index contributed by atoms with van der Waals surface area (Å²) >= 11 is 0. The molecule has 0 fully saturated rings. The van der Waals surface area contributed by atoms with Crippen LogP contribution in [0.1, 0.15) is 19.8 Å². The van der Waals surface area contributed by atoms with E-state index in [0.29, 0.717) is 26.1 Å². The Labute approximate surface area is 119 Å². The molecule has 5 heteroatoms. The maximum Gasteiger partial charge on any atom is 0.303 e. The first-order chi connectivity index (χ1) is 9.54. The minimum Gasteiger partial charge on any atom is -0.481 e. The molecule has 0 aliphatic rings. The summed E-state index contributed by atoms with van der Waals surface area (Å²) < 4.78 is 0. The predicted octanol–water partition coefficient (Wildman–Crippen LogP) is 1.84. The summed E-state index contributed by atoms with van der Waals surface area (Å²) in [6, 6.07) is 9.54. The lowest BCUT2D eigenvalue weighted by Gasteiger charge is -2.24. The number of anilines is 1. The quantitative estimate of drug-likeness (QED) is 0.788. The van der Waals surface area contributed by atoms with Gasteiger partial charge in [0.15, 0.2) is 0 Å². The molecule has 0 aromatic heterocycles. The van der Waals surface area contributed by atoms with Crippen molar-refractivity contribution in [2.75, 3.05) is 31.6 Å². The van der Waals surface area contributed by atoms with Crippen molar-refractivity contribution in [1.82, 2.24) is 4.90 Å². The van der Waals surface area contributed by atoms with Crippen LogP contribution in [0.15, 0.2) is 30.3 Å². The molecule has 0 saturated heterocycles. The van der Waals surface area contributed by atoms with Crippen LogP contribution in [0.3, 0.4) is 0 Å². The summed E-state index contributed by atoms with van der Waals surface area (Å²) in [5.74, 6) is -0.777. The topological polar surface area (TPSA) is 60.9 Å². The third kappa shape index (κ3) is 5.40. The van der Waals surface area contributed by atoms with Gasteiger partial charge < -0.3 is 10.0 Å². The van der Waals surface area contributed by atoms with E-state index in [2.05, 4.69) is 0 Å². The molecule has 110 valence electrons. The molecule has 0 atom stereocenters. The standard InChI is InChI=1S/C15H22N2O3/c1-3-17(13-8-5-4-6-9-13)14(18)12-16(2)11-7-10-15(19)20/h4-6,8-9H,3,7,10-12H2,1-2H3,(H,19,20). The Morgan fingerprint density at radius 1 is 1.20 bits per heavy atom. The van der Waals surface area contributed by atoms with Crippen molar-refractivity contribution in [2.24, 2.45) is 0 Å². The fourth-order valence-corrected chi connectivity index (χ4v) is 2.01. The summed E-state index contributed by atoms with van der Waals surface area (Å²) in [5.41, 5.74) is 0.888. The van der Waals surface area contributed by atoms with Crippen LogP contribution in [-0.4, -0.2) is 48.6 Å². The fourth-order valence-electron chi connectivity index (χ4n) is 2.01. The lowest BCUT2D eigenvalue weighted by Crippen LogP contribution is -2.39. The molecular weight excluding hydrogens is 256 g/mol. The number of nitrogens with zero attached hydrogens (tertiary/aromatic N) is 2. The molecule has 0 spiro atoms. The highest BCUT2D eigenvalue weighted by Gasteiger charge is 2.15. The van der Waals surface area contributed by atoms with E-state index in [1.807, 2.05) is 49.2 Å². The Hall–Kier alpha value is -1.88. The predicted molar refractivity (Wildman–Crippen MR) is 78.8 cm³/mol. The molecule has 0 aliphatic heterocycles. The monoisotopic (exact) mass is 278 g/mol. The van der Waals surface area contributed by atoms with Crippen molar-refractivity contribution >= 4 is 17.6 Å². The number of carboxylic acids is 1. The Morgan fingerprint density at radius 3 is 2.40 bits per heavy atom. The van der Waals surface area contributed by atoms with Crippen LogP contribution in [-0.2, 0) is 9.59 Å². The van der Waals surface area contributed by atoms with Crippen molar-refractivity contribution in [2.45, 2.75) is 19.8 Å². The molecule has 0 aliphatic carbocycles. The van der Waals surface area contributed by atoms with E-state index in [0.717, 1.165) is 5.69 Å². The summed E-state index contributed by atoms with van der Waals surface area (Å²) in [7, 11) is 1.83. The summed E-state index contributed by atoms with van der Waals surface area (Å²) in [4.78, 5) is 26.3. The first kappa shape index (κ1) is 16.2. The molecule has 1 amide bonds. The van der Waals surface area contributed by atoms with E-state index in [9.17, 15) is 9.59 Å². The van der Waals surface area contributed by atoms with Gasteiger partial charge in [-0.15, -0.1) is 0 Å². The van der Waals surface area contributed by atoms with E-state index >= 15 is 0 Å². The molecule has 1 aromatic carbocycles. The number of hydrogen-bond acceptors (Lipinski definition) is 3. The second-order valence-electron chi connectivity index (χ2n) is 4.71. The first-order valence-corrected chi connectivity index (χ1v) is 6.80. The molecule has 1 rings (SSSR count). The molecule has 5 nitrogen and oxygen atoms in total. The molecular formula is C15H22N2O3. The minimum absolute atomic E-state index is 0.0246. The van der Waals surface area contributed by atoms with Gasteiger partial charge in [0, 0.05) is 18.7 Å². The van der Waals surface area contributed by atoms with Crippen LogP contribution < -0.4 is 4.90 Å². The molecule has 0 unspecified atom stereocenters. The van der Waals surface area contributed by atoms with Crippen LogP contribution in [0.25, 0.3) is 0 Å². The number of likely N-dealkylation sites (N-methyl/N-ethyl adjacent to an activating group) is 2. The Bertz CT molecular complexity index is 434. The average Bonchev–Trinajstić information content (AvgIpc) is 2.40. The van der Waals surface area contributed by atoms with E-state index in [-0.39, 0.29) is 12.3 Å². The van der Waals surface area contributed by atoms with Crippen LogP contribution in [0.4, 0.5) is 5.69 Å². The normalized spacial score (nSPS) is 10.6. The largest absolute Gasteiger partial charge is 0.481 e. The zero-order chi connectivity index (χ0) is 15.0. The number of carboxylic acid groups (broad SMARTS) is 1. The molecule has 0 heterocycles. The van der Waals surface area contributed by atoms with Gasteiger partial charge in [0.2, 0.25) is 5.91 Å². The van der Waals surface area contributed by atoms with Crippen LogP contribution in [0, 0.1) is 0 Å². The van der Waals surface area contributed by atoms with Gasteiger partial charge >= 0.3 is 5.97 Å². The SMILES string of the molecule is CCN(C(=O)CN(C)CCCC(=O)O)c1ccccc1. The van der Waals surface area contributed by atoms with Gasteiger partial charge in [-0.05, 0) is 39.1 Å². The molecule has 1 aromatic rings. The van der Waals surface area contributed by atoms with Crippen molar-refractivity contribution < 1.29 is 14.7 Å². The maximum absolute atomic E-state index is 12.3. The van der Waals surface area contributed by atoms with Crippen LogP contribution in [0.5, 0.6) is 0 Å². The number of carbonyl (C=O) groups excluding carboxylic acids is 1. The summed E-state index contributed by atoms with van der Waals surface area (Å²) in [5, 5.41) is 8.59. The summed E-state index contributed by atoms with van der Waals surface area (Å²) in [6.07, 6.45) is 0.686. The number of hydrogen-bond donors (Lipinski definition) is 1. The molecule has 20 heavy (non-hydrogen) atoms. The number of amides is 1. The Kier molecular flexibility index (Phi) is 6.73.